The van der Waals surface area contributed by atoms with E-state index in [1.54, 1.807) is 6.07 Å². The van der Waals surface area contributed by atoms with Gasteiger partial charge in [0.25, 0.3) is 5.91 Å². The molecule has 2 aromatic heterocycles. The lowest BCUT2D eigenvalue weighted by molar-refractivity contribution is 0.103. The Labute approximate surface area is 115 Å². The highest BCUT2D eigenvalue weighted by Gasteiger charge is 2.11. The molecule has 0 bridgehead atoms. The summed E-state index contributed by atoms with van der Waals surface area (Å²) >= 11 is 6.14. The summed E-state index contributed by atoms with van der Waals surface area (Å²) in [5, 5.41) is 12.2. The van der Waals surface area contributed by atoms with Crippen molar-refractivity contribution in [1.29, 1.82) is 0 Å². The Bertz CT molecular complexity index is 523. The minimum atomic E-state index is -0.139. The highest BCUT2D eigenvalue weighted by Crippen LogP contribution is 2.24. The van der Waals surface area contributed by atoms with E-state index in [1.165, 1.54) is 22.7 Å². The van der Waals surface area contributed by atoms with Crippen LogP contribution in [0.25, 0.3) is 0 Å². The van der Waals surface area contributed by atoms with Gasteiger partial charge in [0.05, 0.1) is 8.66 Å². The van der Waals surface area contributed by atoms with Crippen LogP contribution in [0.2, 0.25) is 0 Å². The van der Waals surface area contributed by atoms with Gasteiger partial charge in [-0.2, -0.15) is 0 Å². The number of hydrogen-bond donors (Lipinski definition) is 1. The second-order valence-electron chi connectivity index (χ2n) is 3.31. The molecule has 0 aromatic carbocycles. The zero-order chi connectivity index (χ0) is 12.3. The van der Waals surface area contributed by atoms with Gasteiger partial charge < -0.3 is 0 Å². The molecule has 0 saturated heterocycles. The number of amides is 1. The van der Waals surface area contributed by atoms with Crippen molar-refractivity contribution in [3.63, 3.8) is 0 Å². The van der Waals surface area contributed by atoms with Crippen molar-refractivity contribution in [2.75, 3.05) is 5.32 Å². The molecular formula is C10H10BrN3OS2. The van der Waals surface area contributed by atoms with Gasteiger partial charge in [-0.1, -0.05) is 18.3 Å². The maximum atomic E-state index is 11.8. The van der Waals surface area contributed by atoms with E-state index >= 15 is 0 Å². The molecule has 17 heavy (non-hydrogen) atoms. The Morgan fingerprint density at radius 1 is 1.41 bits per heavy atom. The van der Waals surface area contributed by atoms with Gasteiger partial charge in [0, 0.05) is 6.42 Å². The van der Waals surface area contributed by atoms with Crippen molar-refractivity contribution in [3.05, 3.63) is 25.8 Å². The molecule has 0 atom stereocenters. The average Bonchev–Trinajstić information content (AvgIpc) is 2.88. The van der Waals surface area contributed by atoms with Crippen LogP contribution in [0.1, 0.15) is 28.0 Å². The summed E-state index contributed by atoms with van der Waals surface area (Å²) < 4.78 is 0.937. The SMILES string of the molecule is CCCc1nnc(NC(=O)c2ccc(Br)s2)s1. The number of aryl methyl sites for hydroxylation is 1. The zero-order valence-electron chi connectivity index (χ0n) is 9.07. The van der Waals surface area contributed by atoms with Crippen molar-refractivity contribution >= 4 is 49.6 Å². The molecule has 0 spiro atoms. The van der Waals surface area contributed by atoms with E-state index in [2.05, 4.69) is 38.4 Å². The Balaban J connectivity index is 2.02. The fourth-order valence-corrected chi connectivity index (χ4v) is 3.33. The molecule has 4 nitrogen and oxygen atoms in total. The summed E-state index contributed by atoms with van der Waals surface area (Å²) in [5.74, 6) is -0.139. The van der Waals surface area contributed by atoms with Gasteiger partial charge in [-0.3, -0.25) is 10.1 Å². The summed E-state index contributed by atoms with van der Waals surface area (Å²) in [6, 6.07) is 3.63. The first-order valence-corrected chi connectivity index (χ1v) is 7.50. The highest BCUT2D eigenvalue weighted by atomic mass is 79.9. The minimum absolute atomic E-state index is 0.139. The number of hydrogen-bond acceptors (Lipinski definition) is 5. The van der Waals surface area contributed by atoms with Crippen LogP contribution in [0.3, 0.4) is 0 Å². The average molecular weight is 332 g/mol. The molecule has 0 aliphatic heterocycles. The molecule has 0 saturated carbocycles. The van der Waals surface area contributed by atoms with Gasteiger partial charge >= 0.3 is 0 Å². The summed E-state index contributed by atoms with van der Waals surface area (Å²) in [4.78, 5) is 12.5. The topological polar surface area (TPSA) is 54.9 Å². The maximum absolute atomic E-state index is 11.8. The van der Waals surface area contributed by atoms with E-state index in [0.29, 0.717) is 10.0 Å². The Hall–Kier alpha value is -0.790. The number of anilines is 1. The Morgan fingerprint density at radius 2 is 2.24 bits per heavy atom. The number of carbonyl (C=O) groups excluding carboxylic acids is 1. The first-order valence-electron chi connectivity index (χ1n) is 5.08. The van der Waals surface area contributed by atoms with Crippen LogP contribution in [-0.4, -0.2) is 16.1 Å². The molecule has 90 valence electrons. The van der Waals surface area contributed by atoms with Crippen LogP contribution >= 0.6 is 38.6 Å². The fourth-order valence-electron chi connectivity index (χ4n) is 1.21. The van der Waals surface area contributed by atoms with Crippen LogP contribution in [0.4, 0.5) is 5.13 Å². The third-order valence-electron chi connectivity index (χ3n) is 1.95. The predicted octanol–water partition coefficient (Wildman–Crippen LogP) is 3.57. The number of carbonyl (C=O) groups is 1. The zero-order valence-corrected chi connectivity index (χ0v) is 12.3. The van der Waals surface area contributed by atoms with Gasteiger partial charge in [0.2, 0.25) is 5.13 Å². The monoisotopic (exact) mass is 331 g/mol. The summed E-state index contributed by atoms with van der Waals surface area (Å²) in [5.41, 5.74) is 0. The van der Waals surface area contributed by atoms with E-state index in [4.69, 9.17) is 0 Å². The van der Waals surface area contributed by atoms with E-state index in [0.717, 1.165) is 21.6 Å². The third-order valence-corrected chi connectivity index (χ3v) is 4.47. The van der Waals surface area contributed by atoms with Crippen molar-refractivity contribution in [3.8, 4) is 0 Å². The number of rotatable bonds is 4. The lowest BCUT2D eigenvalue weighted by Crippen LogP contribution is -2.09. The Morgan fingerprint density at radius 3 is 2.88 bits per heavy atom. The fraction of sp³-hybridized carbons (Fsp3) is 0.300. The standard InChI is InChI=1S/C10H10BrN3OS2/c1-2-3-8-13-14-10(17-8)12-9(15)6-4-5-7(11)16-6/h4-5H,2-3H2,1H3,(H,12,14,15). The third kappa shape index (κ3) is 3.34. The van der Waals surface area contributed by atoms with Crippen LogP contribution in [0.5, 0.6) is 0 Å². The van der Waals surface area contributed by atoms with Gasteiger partial charge in [0.15, 0.2) is 0 Å². The van der Waals surface area contributed by atoms with Gasteiger partial charge in [-0.25, -0.2) is 0 Å². The number of thiophene rings is 1. The second-order valence-corrected chi connectivity index (χ2v) is 6.83. The van der Waals surface area contributed by atoms with Crippen LogP contribution in [0.15, 0.2) is 15.9 Å². The molecule has 1 amide bonds. The van der Waals surface area contributed by atoms with Crippen molar-refractivity contribution < 1.29 is 4.79 Å². The van der Waals surface area contributed by atoms with E-state index in [1.807, 2.05) is 6.07 Å². The number of aromatic nitrogens is 2. The molecule has 2 aromatic rings. The highest BCUT2D eigenvalue weighted by molar-refractivity contribution is 9.11. The quantitative estimate of drug-likeness (QED) is 0.931. The molecule has 2 heterocycles. The Kier molecular flexibility index (Phi) is 4.25. The molecule has 0 aliphatic rings. The summed E-state index contributed by atoms with van der Waals surface area (Å²) in [7, 11) is 0. The molecule has 0 unspecified atom stereocenters. The molecule has 0 fully saturated rings. The molecule has 1 N–H and O–H groups in total. The normalized spacial score (nSPS) is 10.5. The molecule has 7 heteroatoms. The number of nitrogens with zero attached hydrogens (tertiary/aromatic N) is 2. The first kappa shape index (κ1) is 12.7. The lowest BCUT2D eigenvalue weighted by atomic mass is 10.4. The molecule has 0 aliphatic carbocycles. The van der Waals surface area contributed by atoms with Crippen molar-refractivity contribution in [1.82, 2.24) is 10.2 Å². The van der Waals surface area contributed by atoms with E-state index in [-0.39, 0.29) is 5.91 Å². The molecule has 0 radical (unpaired) electrons. The van der Waals surface area contributed by atoms with Crippen LogP contribution in [0, 0.1) is 0 Å². The van der Waals surface area contributed by atoms with Gasteiger partial charge in [-0.05, 0) is 34.5 Å². The number of halogens is 1. The van der Waals surface area contributed by atoms with Gasteiger partial charge in [-0.15, -0.1) is 21.5 Å². The van der Waals surface area contributed by atoms with Crippen LogP contribution < -0.4 is 5.32 Å². The summed E-state index contributed by atoms with van der Waals surface area (Å²) in [6.07, 6.45) is 1.93. The molecule has 2 rings (SSSR count). The van der Waals surface area contributed by atoms with E-state index in [9.17, 15) is 4.79 Å². The second kappa shape index (κ2) is 5.70. The minimum Gasteiger partial charge on any atom is -0.296 e. The maximum Gasteiger partial charge on any atom is 0.267 e. The largest absolute Gasteiger partial charge is 0.296 e. The smallest absolute Gasteiger partial charge is 0.267 e. The lowest BCUT2D eigenvalue weighted by Gasteiger charge is -1.96. The number of nitrogens with one attached hydrogen (secondary N) is 1. The predicted molar refractivity (Wildman–Crippen MR) is 73.9 cm³/mol. The van der Waals surface area contributed by atoms with Crippen LogP contribution in [-0.2, 0) is 6.42 Å². The molecular weight excluding hydrogens is 322 g/mol. The first-order chi connectivity index (χ1) is 8.19. The van der Waals surface area contributed by atoms with E-state index < -0.39 is 0 Å². The van der Waals surface area contributed by atoms with Crippen molar-refractivity contribution in [2.45, 2.75) is 19.8 Å². The van der Waals surface area contributed by atoms with Crippen molar-refractivity contribution in [2.24, 2.45) is 0 Å². The summed E-state index contributed by atoms with van der Waals surface area (Å²) in [6.45, 7) is 2.09. The van der Waals surface area contributed by atoms with Gasteiger partial charge in [0.1, 0.15) is 5.01 Å².